The van der Waals surface area contributed by atoms with E-state index in [1.165, 1.54) is 0 Å². The maximum absolute atomic E-state index is 11.4. The van der Waals surface area contributed by atoms with Crippen LogP contribution >= 0.6 is 11.6 Å². The molecule has 0 aliphatic heterocycles. The maximum atomic E-state index is 11.4. The number of aromatic nitrogens is 2. The molecule has 1 fully saturated rings. The fourth-order valence-corrected chi connectivity index (χ4v) is 2.91. The Bertz CT molecular complexity index is 464. The summed E-state index contributed by atoms with van der Waals surface area (Å²) in [6, 6.07) is 0. The zero-order valence-electron chi connectivity index (χ0n) is 10.9. The van der Waals surface area contributed by atoms with Crippen LogP contribution in [0.4, 0.5) is 0 Å². The lowest BCUT2D eigenvalue weighted by Gasteiger charge is -2.37. The van der Waals surface area contributed by atoms with Gasteiger partial charge >= 0.3 is 5.97 Å². The Morgan fingerprint density at radius 3 is 2.56 bits per heavy atom. The van der Waals surface area contributed by atoms with E-state index in [0.717, 1.165) is 43.6 Å². The predicted molar refractivity (Wildman–Crippen MR) is 69.9 cm³/mol. The van der Waals surface area contributed by atoms with Crippen molar-refractivity contribution in [1.82, 2.24) is 9.78 Å². The highest BCUT2D eigenvalue weighted by atomic mass is 35.5. The topological polar surface area (TPSA) is 55.1 Å². The number of hydrogen-bond donors (Lipinski definition) is 1. The summed E-state index contributed by atoms with van der Waals surface area (Å²) in [5.41, 5.74) is 1.15. The van der Waals surface area contributed by atoms with Gasteiger partial charge in [-0.2, -0.15) is 5.10 Å². The Hall–Kier alpha value is -1.03. The third-order valence-corrected chi connectivity index (χ3v) is 4.40. The molecule has 4 nitrogen and oxygen atoms in total. The predicted octanol–water partition coefficient (Wildman–Crippen LogP) is 2.92. The number of nitrogens with zero attached hydrogens (tertiary/aromatic N) is 2. The van der Waals surface area contributed by atoms with Crippen LogP contribution in [0.1, 0.15) is 44.5 Å². The molecule has 1 aromatic rings. The second kappa shape index (κ2) is 4.92. The molecule has 1 saturated carbocycles. The Labute approximate surface area is 112 Å². The first-order valence-electron chi connectivity index (χ1n) is 6.51. The first-order valence-corrected chi connectivity index (χ1v) is 6.89. The van der Waals surface area contributed by atoms with Gasteiger partial charge in [0, 0.05) is 13.0 Å². The number of aryl methyl sites for hydroxylation is 2. The van der Waals surface area contributed by atoms with E-state index in [4.69, 9.17) is 11.6 Å². The molecular formula is C13H19ClN2O2. The zero-order chi connectivity index (χ0) is 13.3. The Morgan fingerprint density at radius 1 is 1.50 bits per heavy atom. The molecule has 0 amide bonds. The second-order valence-corrected chi connectivity index (χ2v) is 5.37. The van der Waals surface area contributed by atoms with Gasteiger partial charge in [0.15, 0.2) is 0 Å². The third kappa shape index (κ3) is 2.03. The number of rotatable bonds is 5. The second-order valence-electron chi connectivity index (χ2n) is 4.99. The molecule has 1 aromatic heterocycles. The molecule has 1 heterocycles. The van der Waals surface area contributed by atoms with Crippen LogP contribution in [0.25, 0.3) is 0 Å². The molecule has 0 unspecified atom stereocenters. The van der Waals surface area contributed by atoms with E-state index in [2.05, 4.69) is 5.10 Å². The van der Waals surface area contributed by atoms with Gasteiger partial charge in [0.1, 0.15) is 0 Å². The maximum Gasteiger partial charge on any atom is 0.310 e. The van der Waals surface area contributed by atoms with E-state index < -0.39 is 11.4 Å². The number of hydrogen-bond acceptors (Lipinski definition) is 2. The van der Waals surface area contributed by atoms with Crippen LogP contribution in [0.5, 0.6) is 0 Å². The molecule has 18 heavy (non-hydrogen) atoms. The van der Waals surface area contributed by atoms with Gasteiger partial charge in [-0.25, -0.2) is 0 Å². The van der Waals surface area contributed by atoms with Crippen LogP contribution in [-0.4, -0.2) is 20.9 Å². The fraction of sp³-hybridized carbons (Fsp3) is 0.692. The number of carboxylic acid groups (broad SMARTS) is 1. The van der Waals surface area contributed by atoms with Crippen LogP contribution in [-0.2, 0) is 24.2 Å². The number of aliphatic carboxylic acids is 1. The smallest absolute Gasteiger partial charge is 0.310 e. The molecule has 1 aliphatic carbocycles. The van der Waals surface area contributed by atoms with Crippen molar-refractivity contribution in [3.05, 3.63) is 16.4 Å². The lowest BCUT2D eigenvalue weighted by atomic mass is 9.66. The van der Waals surface area contributed by atoms with E-state index >= 15 is 0 Å². The van der Waals surface area contributed by atoms with Gasteiger partial charge in [0.25, 0.3) is 0 Å². The van der Waals surface area contributed by atoms with Gasteiger partial charge in [0.2, 0.25) is 0 Å². The largest absolute Gasteiger partial charge is 0.481 e. The van der Waals surface area contributed by atoms with Crippen LogP contribution < -0.4 is 0 Å². The SMILES string of the molecule is CCc1nn(CC)c(CC2(C(=O)O)CCC2)c1Cl. The van der Waals surface area contributed by atoms with E-state index in [1.807, 2.05) is 18.5 Å². The Morgan fingerprint density at radius 2 is 2.17 bits per heavy atom. The molecule has 0 radical (unpaired) electrons. The first-order chi connectivity index (χ1) is 8.54. The normalized spacial score (nSPS) is 17.5. The van der Waals surface area contributed by atoms with Gasteiger partial charge in [-0.05, 0) is 26.2 Å². The minimum absolute atomic E-state index is 0.502. The minimum atomic E-state index is -0.702. The van der Waals surface area contributed by atoms with Gasteiger partial charge in [0.05, 0.1) is 21.8 Å². The molecule has 100 valence electrons. The average molecular weight is 271 g/mol. The van der Waals surface area contributed by atoms with Crippen molar-refractivity contribution in [1.29, 1.82) is 0 Å². The van der Waals surface area contributed by atoms with E-state index in [9.17, 15) is 9.90 Å². The number of carboxylic acids is 1. The first kappa shape index (κ1) is 13.4. The summed E-state index contributed by atoms with van der Waals surface area (Å²) in [5, 5.41) is 14.5. The zero-order valence-corrected chi connectivity index (χ0v) is 11.6. The summed E-state index contributed by atoms with van der Waals surface area (Å²) < 4.78 is 1.85. The van der Waals surface area contributed by atoms with Crippen molar-refractivity contribution < 1.29 is 9.90 Å². The monoisotopic (exact) mass is 270 g/mol. The summed E-state index contributed by atoms with van der Waals surface area (Å²) in [7, 11) is 0. The van der Waals surface area contributed by atoms with Crippen molar-refractivity contribution in [3.63, 3.8) is 0 Å². The van der Waals surface area contributed by atoms with Crippen molar-refractivity contribution in [3.8, 4) is 0 Å². The number of halogens is 1. The number of carbonyl (C=O) groups is 1. The highest BCUT2D eigenvalue weighted by molar-refractivity contribution is 6.31. The van der Waals surface area contributed by atoms with Crippen LogP contribution in [0.3, 0.4) is 0 Å². The summed E-state index contributed by atoms with van der Waals surface area (Å²) in [5.74, 6) is -0.702. The molecule has 1 aliphatic rings. The molecule has 0 bridgehead atoms. The highest BCUT2D eigenvalue weighted by Gasteiger charge is 2.45. The molecule has 2 rings (SSSR count). The summed E-state index contributed by atoms with van der Waals surface area (Å²) in [6.07, 6.45) is 3.76. The molecule has 0 saturated heterocycles. The van der Waals surface area contributed by atoms with Crippen LogP contribution in [0, 0.1) is 5.41 Å². The molecule has 1 N–H and O–H groups in total. The van der Waals surface area contributed by atoms with Crippen LogP contribution in [0.2, 0.25) is 5.02 Å². The Balaban J connectivity index is 2.33. The summed E-state index contributed by atoms with van der Waals surface area (Å²) in [6.45, 7) is 4.74. The lowest BCUT2D eigenvalue weighted by Crippen LogP contribution is -2.40. The Kier molecular flexibility index (Phi) is 3.66. The minimum Gasteiger partial charge on any atom is -0.481 e. The van der Waals surface area contributed by atoms with E-state index in [0.29, 0.717) is 11.4 Å². The fourth-order valence-electron chi connectivity index (χ4n) is 2.58. The molecular weight excluding hydrogens is 252 g/mol. The van der Waals surface area contributed by atoms with Gasteiger partial charge in [-0.3, -0.25) is 9.48 Å². The standard InChI is InChI=1S/C13H19ClN2O2/c1-3-9-11(14)10(16(4-2)15-9)8-13(12(17)18)6-5-7-13/h3-8H2,1-2H3,(H,17,18). The molecule has 5 heteroatoms. The average Bonchev–Trinajstić information content (AvgIpc) is 2.59. The van der Waals surface area contributed by atoms with Crippen molar-refractivity contribution in [2.24, 2.45) is 5.41 Å². The molecule has 0 atom stereocenters. The summed E-state index contributed by atoms with van der Waals surface area (Å²) >= 11 is 6.32. The van der Waals surface area contributed by atoms with E-state index in [1.54, 1.807) is 0 Å². The quantitative estimate of drug-likeness (QED) is 0.895. The summed E-state index contributed by atoms with van der Waals surface area (Å²) in [4.78, 5) is 11.4. The van der Waals surface area contributed by atoms with Gasteiger partial charge < -0.3 is 5.11 Å². The molecule has 0 aromatic carbocycles. The van der Waals surface area contributed by atoms with Crippen molar-refractivity contribution >= 4 is 17.6 Å². The lowest BCUT2D eigenvalue weighted by molar-refractivity contribution is -0.154. The third-order valence-electron chi connectivity index (χ3n) is 3.96. The van der Waals surface area contributed by atoms with Gasteiger partial charge in [-0.15, -0.1) is 0 Å². The van der Waals surface area contributed by atoms with Crippen molar-refractivity contribution in [2.75, 3.05) is 0 Å². The van der Waals surface area contributed by atoms with E-state index in [-0.39, 0.29) is 0 Å². The van der Waals surface area contributed by atoms with Crippen molar-refractivity contribution in [2.45, 2.75) is 52.5 Å². The van der Waals surface area contributed by atoms with Crippen LogP contribution in [0.15, 0.2) is 0 Å². The molecule has 0 spiro atoms. The highest BCUT2D eigenvalue weighted by Crippen LogP contribution is 2.45. The van der Waals surface area contributed by atoms with Gasteiger partial charge in [-0.1, -0.05) is 24.9 Å².